The lowest BCUT2D eigenvalue weighted by molar-refractivity contribution is 0.0698. The summed E-state index contributed by atoms with van der Waals surface area (Å²) in [5.74, 6) is -1.64. The molecule has 0 aliphatic rings. The lowest BCUT2D eigenvalue weighted by Crippen LogP contribution is -2.09. The minimum absolute atomic E-state index is 0.0142. The molecule has 0 aliphatic carbocycles. The predicted molar refractivity (Wildman–Crippen MR) is 86.2 cm³/mol. The molecule has 130 valence electrons. The first-order valence-electron chi connectivity index (χ1n) is 7.38. The molecule has 0 unspecified atom stereocenters. The van der Waals surface area contributed by atoms with E-state index in [1.807, 2.05) is 0 Å². The number of ether oxygens (including phenoxy) is 1. The minimum Gasteiger partial charge on any atom is -0.494 e. The largest absolute Gasteiger partial charge is 0.494 e. The first-order chi connectivity index (χ1) is 12.1. The van der Waals surface area contributed by atoms with E-state index in [1.54, 1.807) is 12.4 Å². The third-order valence-electron chi connectivity index (χ3n) is 3.58. The Hall–Kier alpha value is -3.36. The van der Waals surface area contributed by atoms with Gasteiger partial charge in [-0.1, -0.05) is 5.16 Å². The van der Waals surface area contributed by atoms with Crippen LogP contribution in [0.1, 0.15) is 15.9 Å². The van der Waals surface area contributed by atoms with Gasteiger partial charge in [-0.15, -0.1) is 0 Å². The minimum atomic E-state index is -1.20. The number of carbonyl (C=O) groups is 1. The summed E-state index contributed by atoms with van der Waals surface area (Å²) in [6.45, 7) is 0.443. The maximum atomic E-state index is 13.5. The van der Waals surface area contributed by atoms with E-state index in [2.05, 4.69) is 20.7 Å². The number of nitrogens with zero attached hydrogens (tertiary/aromatic N) is 2. The van der Waals surface area contributed by atoms with Crippen molar-refractivity contribution in [1.82, 2.24) is 15.4 Å². The molecule has 0 aliphatic heterocycles. The van der Waals surface area contributed by atoms with E-state index >= 15 is 0 Å². The van der Waals surface area contributed by atoms with Crippen LogP contribution in [0, 0.1) is 5.82 Å². The van der Waals surface area contributed by atoms with Gasteiger partial charge in [0, 0.05) is 18.3 Å². The Kier molecular flexibility index (Phi) is 4.64. The molecule has 0 bridgehead atoms. The van der Waals surface area contributed by atoms with E-state index in [4.69, 9.17) is 9.26 Å². The molecule has 1 aromatic carbocycles. The van der Waals surface area contributed by atoms with E-state index in [0.717, 1.165) is 5.56 Å². The van der Waals surface area contributed by atoms with Gasteiger partial charge in [-0.2, -0.15) is 5.10 Å². The van der Waals surface area contributed by atoms with Gasteiger partial charge in [0.25, 0.3) is 0 Å². The molecule has 2 heterocycles. The van der Waals surface area contributed by atoms with Gasteiger partial charge in [0.2, 0.25) is 0 Å². The number of halogens is 1. The highest BCUT2D eigenvalue weighted by Gasteiger charge is 2.24. The number of methoxy groups -OCH3 is 1. The highest BCUT2D eigenvalue weighted by Crippen LogP contribution is 2.32. The summed E-state index contributed by atoms with van der Waals surface area (Å²) < 4.78 is 23.6. The molecule has 9 heteroatoms. The maximum absolute atomic E-state index is 13.5. The van der Waals surface area contributed by atoms with Crippen LogP contribution in [-0.4, -0.2) is 40.1 Å². The Bertz CT molecular complexity index is 876. The van der Waals surface area contributed by atoms with Gasteiger partial charge >= 0.3 is 5.97 Å². The second-order valence-corrected chi connectivity index (χ2v) is 5.17. The van der Waals surface area contributed by atoms with Crippen LogP contribution in [0.25, 0.3) is 11.3 Å². The van der Waals surface area contributed by atoms with Crippen molar-refractivity contribution in [3.05, 3.63) is 47.5 Å². The van der Waals surface area contributed by atoms with Crippen LogP contribution in [0.3, 0.4) is 0 Å². The number of hydrogen-bond donors (Lipinski definition) is 3. The molecule has 0 saturated carbocycles. The van der Waals surface area contributed by atoms with E-state index in [0.29, 0.717) is 18.5 Å². The standard InChI is InChI=1S/C16H15FN4O4/c1-24-12-6-10(2-3-11(12)17)14-13(16(22)23)15(21-25-14)18-5-4-9-7-19-20-8-9/h2-3,6-8H,4-5H2,1H3,(H,18,21)(H,19,20)(H,22,23). The van der Waals surface area contributed by atoms with E-state index in [-0.39, 0.29) is 22.9 Å². The quantitative estimate of drug-likeness (QED) is 0.602. The van der Waals surface area contributed by atoms with Gasteiger partial charge < -0.3 is 19.7 Å². The molecule has 3 N–H and O–H groups in total. The van der Waals surface area contributed by atoms with E-state index in [9.17, 15) is 14.3 Å². The Labute approximate surface area is 141 Å². The van der Waals surface area contributed by atoms with Crippen molar-refractivity contribution in [3.8, 4) is 17.1 Å². The third-order valence-corrected chi connectivity index (χ3v) is 3.58. The molecule has 0 atom stereocenters. The van der Waals surface area contributed by atoms with Crippen LogP contribution >= 0.6 is 0 Å². The van der Waals surface area contributed by atoms with Crippen LogP contribution in [0.4, 0.5) is 10.2 Å². The summed E-state index contributed by atoms with van der Waals surface area (Å²) in [4.78, 5) is 11.6. The normalized spacial score (nSPS) is 10.6. The fourth-order valence-corrected chi connectivity index (χ4v) is 2.35. The third kappa shape index (κ3) is 3.44. The summed E-state index contributed by atoms with van der Waals surface area (Å²) in [5, 5.41) is 22.8. The molecule has 0 amide bonds. The van der Waals surface area contributed by atoms with Gasteiger partial charge in [-0.3, -0.25) is 5.10 Å². The average molecular weight is 346 g/mol. The number of aromatic amines is 1. The first-order valence-corrected chi connectivity index (χ1v) is 7.38. The van der Waals surface area contributed by atoms with Crippen LogP contribution in [0.5, 0.6) is 5.75 Å². The smallest absolute Gasteiger partial charge is 0.343 e. The van der Waals surface area contributed by atoms with Crippen molar-refractivity contribution in [2.45, 2.75) is 6.42 Å². The highest BCUT2D eigenvalue weighted by atomic mass is 19.1. The van der Waals surface area contributed by atoms with Crippen LogP contribution in [-0.2, 0) is 6.42 Å². The number of aromatic nitrogens is 3. The lowest BCUT2D eigenvalue weighted by atomic mass is 10.1. The maximum Gasteiger partial charge on any atom is 0.343 e. The summed E-state index contributed by atoms with van der Waals surface area (Å²) in [5.41, 5.74) is 1.20. The van der Waals surface area contributed by atoms with Crippen molar-refractivity contribution in [3.63, 3.8) is 0 Å². The molecule has 8 nitrogen and oxygen atoms in total. The number of carboxylic acids is 1. The van der Waals surface area contributed by atoms with E-state index in [1.165, 1.54) is 25.3 Å². The molecular formula is C16H15FN4O4. The SMILES string of the molecule is COc1cc(-c2onc(NCCc3cn[nH]c3)c2C(=O)O)ccc1F. The lowest BCUT2D eigenvalue weighted by Gasteiger charge is -2.05. The second kappa shape index (κ2) is 7.04. The van der Waals surface area contributed by atoms with Gasteiger partial charge in [-0.05, 0) is 30.2 Å². The highest BCUT2D eigenvalue weighted by molar-refractivity contribution is 5.99. The van der Waals surface area contributed by atoms with Crippen LogP contribution in [0.15, 0.2) is 35.1 Å². The number of aromatic carboxylic acids is 1. The molecule has 2 aromatic heterocycles. The molecule has 0 saturated heterocycles. The molecule has 3 aromatic rings. The van der Waals surface area contributed by atoms with Crippen LogP contribution < -0.4 is 10.1 Å². The van der Waals surface area contributed by atoms with Crippen molar-refractivity contribution >= 4 is 11.8 Å². The van der Waals surface area contributed by atoms with Gasteiger partial charge in [0.1, 0.15) is 0 Å². The second-order valence-electron chi connectivity index (χ2n) is 5.17. The molecule has 0 radical (unpaired) electrons. The number of benzene rings is 1. The van der Waals surface area contributed by atoms with Crippen molar-refractivity contribution in [2.24, 2.45) is 0 Å². The Morgan fingerprint density at radius 2 is 2.32 bits per heavy atom. The first kappa shape index (κ1) is 16.5. The molecular weight excluding hydrogens is 331 g/mol. The Morgan fingerprint density at radius 3 is 3.00 bits per heavy atom. The summed E-state index contributed by atoms with van der Waals surface area (Å²) in [6, 6.07) is 3.94. The van der Waals surface area contributed by atoms with Crippen molar-refractivity contribution in [2.75, 3.05) is 19.0 Å². The monoisotopic (exact) mass is 346 g/mol. The zero-order valence-corrected chi connectivity index (χ0v) is 13.2. The number of hydrogen-bond acceptors (Lipinski definition) is 6. The van der Waals surface area contributed by atoms with Gasteiger partial charge in [0.05, 0.1) is 13.3 Å². The zero-order valence-electron chi connectivity index (χ0n) is 13.2. The number of anilines is 1. The summed E-state index contributed by atoms with van der Waals surface area (Å²) >= 11 is 0. The topological polar surface area (TPSA) is 113 Å². The number of H-pyrrole nitrogens is 1. The number of rotatable bonds is 7. The van der Waals surface area contributed by atoms with Gasteiger partial charge in [-0.25, -0.2) is 9.18 Å². The van der Waals surface area contributed by atoms with Crippen LogP contribution in [0.2, 0.25) is 0 Å². The number of carboxylic acid groups (broad SMARTS) is 1. The summed E-state index contributed by atoms with van der Waals surface area (Å²) in [6.07, 6.45) is 4.06. The fraction of sp³-hybridized carbons (Fsp3) is 0.188. The molecule has 0 fully saturated rings. The molecule has 25 heavy (non-hydrogen) atoms. The molecule has 3 rings (SSSR count). The predicted octanol–water partition coefficient (Wildman–Crippen LogP) is 2.57. The number of nitrogens with one attached hydrogen (secondary N) is 2. The fourth-order valence-electron chi connectivity index (χ4n) is 2.35. The summed E-state index contributed by atoms with van der Waals surface area (Å²) in [7, 11) is 1.32. The van der Waals surface area contributed by atoms with Crippen molar-refractivity contribution in [1.29, 1.82) is 0 Å². The zero-order chi connectivity index (χ0) is 17.8. The van der Waals surface area contributed by atoms with Crippen molar-refractivity contribution < 1.29 is 23.6 Å². The average Bonchev–Trinajstić information content (AvgIpc) is 3.25. The molecule has 0 spiro atoms. The Balaban J connectivity index is 1.85. The van der Waals surface area contributed by atoms with E-state index < -0.39 is 11.8 Å². The Morgan fingerprint density at radius 1 is 1.48 bits per heavy atom. The van der Waals surface area contributed by atoms with Gasteiger partial charge in [0.15, 0.2) is 28.7 Å².